The average molecular weight is 333 g/mol. The fourth-order valence-electron chi connectivity index (χ4n) is 2.34. The van der Waals surface area contributed by atoms with E-state index in [-0.39, 0.29) is 17.9 Å². The van der Waals surface area contributed by atoms with Crippen molar-refractivity contribution in [2.24, 2.45) is 0 Å². The number of amides is 1. The molecular weight excluding hydrogens is 310 g/mol. The van der Waals surface area contributed by atoms with Crippen LogP contribution in [-0.2, 0) is 34.6 Å². The fourth-order valence-corrected chi connectivity index (χ4v) is 2.34. The third-order valence-electron chi connectivity index (χ3n) is 3.45. The fraction of sp³-hybridized carbons (Fsp3) is 0.471. The molecule has 1 N–H and O–H groups in total. The van der Waals surface area contributed by atoms with Crippen molar-refractivity contribution in [3.63, 3.8) is 0 Å². The lowest BCUT2D eigenvalue weighted by molar-refractivity contribution is -0.122. The zero-order chi connectivity index (χ0) is 17.7. The van der Waals surface area contributed by atoms with E-state index in [1.807, 2.05) is 45.0 Å². The number of carbonyl (C=O) groups is 1. The predicted molar refractivity (Wildman–Crippen MR) is 88.5 cm³/mol. The summed E-state index contributed by atoms with van der Waals surface area (Å²) in [4.78, 5) is 23.9. The Balaban J connectivity index is 2.01. The molecule has 2 aromatic rings. The largest absolute Gasteiger partial charge is 0.442 e. The van der Waals surface area contributed by atoms with Gasteiger partial charge >= 0.3 is 5.76 Å². The molecule has 24 heavy (non-hydrogen) atoms. The highest BCUT2D eigenvalue weighted by molar-refractivity contribution is 5.75. The minimum absolute atomic E-state index is 0.118. The monoisotopic (exact) mass is 333 g/mol. The SMILES string of the molecule is COCc1cccc(CNC(=O)Cn2c(C(C)(C)C)noc2=O)c1. The third-order valence-corrected chi connectivity index (χ3v) is 3.45. The zero-order valence-electron chi connectivity index (χ0n) is 14.5. The molecular formula is C17H23N3O4. The standard InChI is InChI=1S/C17H23N3O4/c1-17(2,3)15-19-24-16(22)20(15)10-14(21)18-9-12-6-5-7-13(8-12)11-23-4/h5-8H,9-11H2,1-4H3,(H,18,21). The first-order chi connectivity index (χ1) is 11.3. The molecule has 2 rings (SSSR count). The van der Waals surface area contributed by atoms with E-state index < -0.39 is 5.76 Å². The molecule has 7 nitrogen and oxygen atoms in total. The highest BCUT2D eigenvalue weighted by Gasteiger charge is 2.25. The van der Waals surface area contributed by atoms with Crippen molar-refractivity contribution in [2.75, 3.05) is 7.11 Å². The van der Waals surface area contributed by atoms with Crippen molar-refractivity contribution >= 4 is 5.91 Å². The van der Waals surface area contributed by atoms with Crippen LogP contribution in [0.1, 0.15) is 37.7 Å². The Morgan fingerprint density at radius 3 is 2.71 bits per heavy atom. The number of nitrogens with zero attached hydrogens (tertiary/aromatic N) is 2. The van der Waals surface area contributed by atoms with Gasteiger partial charge in [0.1, 0.15) is 6.54 Å². The average Bonchev–Trinajstić information content (AvgIpc) is 2.87. The van der Waals surface area contributed by atoms with Crippen molar-refractivity contribution in [3.05, 3.63) is 51.8 Å². The summed E-state index contributed by atoms with van der Waals surface area (Å²) >= 11 is 0. The maximum Gasteiger partial charge on any atom is 0.442 e. The van der Waals surface area contributed by atoms with Gasteiger partial charge in [0.05, 0.1) is 6.61 Å². The molecule has 0 unspecified atom stereocenters. The highest BCUT2D eigenvalue weighted by Crippen LogP contribution is 2.18. The molecule has 0 spiro atoms. The van der Waals surface area contributed by atoms with Gasteiger partial charge in [-0.1, -0.05) is 50.2 Å². The molecule has 1 amide bonds. The number of hydrogen-bond donors (Lipinski definition) is 1. The van der Waals surface area contributed by atoms with E-state index in [2.05, 4.69) is 10.5 Å². The van der Waals surface area contributed by atoms with E-state index >= 15 is 0 Å². The van der Waals surface area contributed by atoms with Gasteiger partial charge in [0.25, 0.3) is 0 Å². The lowest BCUT2D eigenvalue weighted by atomic mass is 9.96. The zero-order valence-corrected chi connectivity index (χ0v) is 14.5. The molecule has 1 heterocycles. The Labute approximate surface area is 140 Å². The first-order valence-electron chi connectivity index (χ1n) is 7.71. The van der Waals surface area contributed by atoms with Crippen molar-refractivity contribution in [3.8, 4) is 0 Å². The normalized spacial score (nSPS) is 11.5. The maximum atomic E-state index is 12.2. The Bertz CT molecular complexity index is 756. The first-order valence-corrected chi connectivity index (χ1v) is 7.71. The van der Waals surface area contributed by atoms with Gasteiger partial charge in [0, 0.05) is 19.1 Å². The summed E-state index contributed by atoms with van der Waals surface area (Å²) in [5, 5.41) is 6.58. The first kappa shape index (κ1) is 17.9. The van der Waals surface area contributed by atoms with Crippen molar-refractivity contribution in [1.29, 1.82) is 0 Å². The number of methoxy groups -OCH3 is 1. The van der Waals surface area contributed by atoms with Crippen LogP contribution in [0.5, 0.6) is 0 Å². The molecule has 0 bridgehead atoms. The third kappa shape index (κ3) is 4.55. The number of ether oxygens (including phenoxy) is 1. The van der Waals surface area contributed by atoms with Gasteiger partial charge in [-0.25, -0.2) is 4.79 Å². The van der Waals surface area contributed by atoms with Gasteiger partial charge in [-0.3, -0.25) is 13.9 Å². The Morgan fingerprint density at radius 1 is 1.33 bits per heavy atom. The molecule has 0 aliphatic rings. The summed E-state index contributed by atoms with van der Waals surface area (Å²) in [7, 11) is 1.64. The summed E-state index contributed by atoms with van der Waals surface area (Å²) in [6, 6.07) is 7.76. The molecule has 0 aliphatic carbocycles. The molecule has 0 saturated heterocycles. The van der Waals surface area contributed by atoms with Crippen LogP contribution in [0, 0.1) is 0 Å². The molecule has 0 fully saturated rings. The lowest BCUT2D eigenvalue weighted by Crippen LogP contribution is -2.33. The summed E-state index contributed by atoms with van der Waals surface area (Å²) < 4.78 is 11.0. The van der Waals surface area contributed by atoms with Gasteiger partial charge in [0.15, 0.2) is 5.82 Å². The smallest absolute Gasteiger partial charge is 0.380 e. The van der Waals surface area contributed by atoms with Crippen LogP contribution in [0.2, 0.25) is 0 Å². The number of hydrogen-bond acceptors (Lipinski definition) is 5. The Kier molecular flexibility index (Phi) is 5.56. The maximum absolute atomic E-state index is 12.2. The summed E-state index contributed by atoms with van der Waals surface area (Å²) in [6.45, 7) is 6.49. The minimum Gasteiger partial charge on any atom is -0.380 e. The number of aromatic nitrogens is 2. The molecule has 0 saturated carbocycles. The van der Waals surface area contributed by atoms with Crippen LogP contribution in [-0.4, -0.2) is 22.7 Å². The van der Waals surface area contributed by atoms with Gasteiger partial charge in [0.2, 0.25) is 5.91 Å². The van der Waals surface area contributed by atoms with Crippen molar-refractivity contribution in [1.82, 2.24) is 15.0 Å². The number of nitrogens with one attached hydrogen (secondary N) is 1. The van der Waals surface area contributed by atoms with E-state index in [0.717, 1.165) is 11.1 Å². The molecule has 0 atom stereocenters. The molecule has 1 aromatic heterocycles. The van der Waals surface area contributed by atoms with Crippen LogP contribution in [0.15, 0.2) is 33.6 Å². The van der Waals surface area contributed by atoms with Gasteiger partial charge in [-0.15, -0.1) is 0 Å². The number of rotatable bonds is 6. The summed E-state index contributed by atoms with van der Waals surface area (Å²) in [5.41, 5.74) is 1.61. The van der Waals surface area contributed by atoms with Crippen LogP contribution in [0.3, 0.4) is 0 Å². The second-order valence-electron chi connectivity index (χ2n) is 6.64. The Hall–Kier alpha value is -2.41. The van der Waals surface area contributed by atoms with Gasteiger partial charge in [-0.2, -0.15) is 0 Å². The number of carbonyl (C=O) groups excluding carboxylic acids is 1. The van der Waals surface area contributed by atoms with E-state index in [1.54, 1.807) is 7.11 Å². The molecule has 130 valence electrons. The summed E-state index contributed by atoms with van der Waals surface area (Å²) in [6.07, 6.45) is 0. The van der Waals surface area contributed by atoms with Crippen molar-refractivity contribution in [2.45, 2.75) is 45.9 Å². The predicted octanol–water partition coefficient (Wildman–Crippen LogP) is 1.60. The van der Waals surface area contributed by atoms with Crippen LogP contribution >= 0.6 is 0 Å². The minimum atomic E-state index is -0.628. The van der Waals surface area contributed by atoms with E-state index in [1.165, 1.54) is 4.57 Å². The van der Waals surface area contributed by atoms with E-state index in [9.17, 15) is 9.59 Å². The van der Waals surface area contributed by atoms with E-state index in [4.69, 9.17) is 9.26 Å². The van der Waals surface area contributed by atoms with Crippen LogP contribution in [0.4, 0.5) is 0 Å². The van der Waals surface area contributed by atoms with Gasteiger partial charge in [-0.05, 0) is 11.1 Å². The van der Waals surface area contributed by atoms with Gasteiger partial charge < -0.3 is 10.1 Å². The highest BCUT2D eigenvalue weighted by atomic mass is 16.5. The second kappa shape index (κ2) is 7.44. The topological polar surface area (TPSA) is 86.4 Å². The lowest BCUT2D eigenvalue weighted by Gasteiger charge is -2.16. The molecule has 0 radical (unpaired) electrons. The molecule has 0 aliphatic heterocycles. The van der Waals surface area contributed by atoms with Crippen molar-refractivity contribution < 1.29 is 14.1 Å². The summed E-state index contributed by atoms with van der Waals surface area (Å²) in [5.74, 6) is -0.454. The molecule has 7 heteroatoms. The quantitative estimate of drug-likeness (QED) is 0.868. The number of benzene rings is 1. The van der Waals surface area contributed by atoms with E-state index in [0.29, 0.717) is 19.0 Å². The van der Waals surface area contributed by atoms with Crippen LogP contribution in [0.25, 0.3) is 0 Å². The Morgan fingerprint density at radius 2 is 2.04 bits per heavy atom. The molecule has 1 aromatic carbocycles. The van der Waals surface area contributed by atoms with Crippen LogP contribution < -0.4 is 11.1 Å². The second-order valence-corrected chi connectivity index (χ2v) is 6.64.